The number of nitrogens with zero attached hydrogens (tertiary/aromatic N) is 1. The van der Waals surface area contributed by atoms with E-state index in [0.29, 0.717) is 34.6 Å². The van der Waals surface area contributed by atoms with Crippen LogP contribution in [0.15, 0.2) is 54.7 Å². The third-order valence-corrected chi connectivity index (χ3v) is 4.79. The van der Waals surface area contributed by atoms with E-state index in [1.165, 1.54) is 18.3 Å². The van der Waals surface area contributed by atoms with Crippen LogP contribution in [0.3, 0.4) is 0 Å². The number of pyridine rings is 1. The van der Waals surface area contributed by atoms with Crippen LogP contribution in [-0.4, -0.2) is 16.8 Å². The Kier molecular flexibility index (Phi) is 5.28. The van der Waals surface area contributed by atoms with Gasteiger partial charge in [-0.3, -0.25) is 9.59 Å². The SMILES string of the molecule is O=C1Cc2c(Oc3cccc(NC(=O)c4ccc(Cl)c(C(F)(F)F)c4)c3)ccnc2N1. The Hall–Kier alpha value is -3.59. The van der Waals surface area contributed by atoms with E-state index in [0.717, 1.165) is 6.07 Å². The molecule has 0 saturated heterocycles. The van der Waals surface area contributed by atoms with Crippen molar-refractivity contribution in [3.8, 4) is 11.5 Å². The van der Waals surface area contributed by atoms with Gasteiger partial charge in [0.25, 0.3) is 5.91 Å². The molecule has 0 unspecified atom stereocenters. The number of benzene rings is 2. The predicted molar refractivity (Wildman–Crippen MR) is 107 cm³/mol. The van der Waals surface area contributed by atoms with Crippen molar-refractivity contribution < 1.29 is 27.5 Å². The number of rotatable bonds is 4. The first-order chi connectivity index (χ1) is 14.7. The maximum atomic E-state index is 13.0. The molecule has 1 aliphatic heterocycles. The van der Waals surface area contributed by atoms with Crippen LogP contribution in [0.2, 0.25) is 5.02 Å². The summed E-state index contributed by atoms with van der Waals surface area (Å²) < 4.78 is 44.9. The van der Waals surface area contributed by atoms with E-state index in [-0.39, 0.29) is 17.9 Å². The van der Waals surface area contributed by atoms with Gasteiger partial charge in [0, 0.05) is 29.1 Å². The highest BCUT2D eigenvalue weighted by Crippen LogP contribution is 2.36. The zero-order chi connectivity index (χ0) is 22.2. The largest absolute Gasteiger partial charge is 0.457 e. The normalized spacial score (nSPS) is 12.8. The number of alkyl halides is 3. The van der Waals surface area contributed by atoms with Gasteiger partial charge in [-0.15, -0.1) is 0 Å². The number of hydrogen-bond acceptors (Lipinski definition) is 4. The molecule has 0 radical (unpaired) electrons. The molecule has 31 heavy (non-hydrogen) atoms. The maximum Gasteiger partial charge on any atom is 0.417 e. The molecule has 10 heteroatoms. The van der Waals surface area contributed by atoms with Crippen molar-refractivity contribution >= 4 is 34.9 Å². The van der Waals surface area contributed by atoms with E-state index >= 15 is 0 Å². The molecule has 158 valence electrons. The molecule has 2 heterocycles. The first-order valence-electron chi connectivity index (χ1n) is 8.94. The lowest BCUT2D eigenvalue weighted by molar-refractivity contribution is -0.137. The number of fused-ring (bicyclic) bond motifs is 1. The molecule has 2 amide bonds. The highest BCUT2D eigenvalue weighted by atomic mass is 35.5. The average Bonchev–Trinajstić information content (AvgIpc) is 3.09. The van der Waals surface area contributed by atoms with Crippen molar-refractivity contribution in [1.29, 1.82) is 0 Å². The summed E-state index contributed by atoms with van der Waals surface area (Å²) in [5.74, 6) is 0.284. The third kappa shape index (κ3) is 4.46. The molecule has 1 aliphatic rings. The molecule has 0 spiro atoms. The molecule has 3 aromatic rings. The minimum atomic E-state index is -4.68. The second-order valence-corrected chi connectivity index (χ2v) is 7.04. The summed E-state index contributed by atoms with van der Waals surface area (Å²) >= 11 is 5.59. The quantitative estimate of drug-likeness (QED) is 0.569. The summed E-state index contributed by atoms with van der Waals surface area (Å²) in [6, 6.07) is 10.9. The summed E-state index contributed by atoms with van der Waals surface area (Å²) in [4.78, 5) is 28.1. The smallest absolute Gasteiger partial charge is 0.417 e. The van der Waals surface area contributed by atoms with Crippen LogP contribution in [0.5, 0.6) is 11.5 Å². The molecular formula is C21H13ClF3N3O3. The second-order valence-electron chi connectivity index (χ2n) is 6.64. The Morgan fingerprint density at radius 3 is 2.74 bits per heavy atom. The minimum absolute atomic E-state index is 0.132. The molecule has 0 fully saturated rings. The van der Waals surface area contributed by atoms with E-state index in [1.807, 2.05) is 0 Å². The second kappa shape index (κ2) is 7.92. The standard InChI is InChI=1S/C21H13ClF3N3O3/c22-16-5-4-11(8-15(16)21(23,24)25)20(30)27-12-2-1-3-13(9-12)31-17-6-7-26-19-14(17)10-18(29)28-19/h1-9H,10H2,(H,27,30)(H,26,28,29). The van der Waals surface area contributed by atoms with E-state index in [1.54, 1.807) is 24.3 Å². The van der Waals surface area contributed by atoms with Gasteiger partial charge in [0.2, 0.25) is 5.91 Å². The van der Waals surface area contributed by atoms with Crippen LogP contribution >= 0.6 is 11.6 Å². The number of amides is 2. The van der Waals surface area contributed by atoms with Crippen LogP contribution in [0.4, 0.5) is 24.7 Å². The third-order valence-electron chi connectivity index (χ3n) is 4.46. The van der Waals surface area contributed by atoms with Crippen molar-refractivity contribution in [2.45, 2.75) is 12.6 Å². The number of carbonyl (C=O) groups is 2. The Morgan fingerprint density at radius 1 is 1.16 bits per heavy atom. The van der Waals surface area contributed by atoms with Gasteiger partial charge in [0.05, 0.1) is 17.0 Å². The molecule has 0 aliphatic carbocycles. The topological polar surface area (TPSA) is 80.3 Å². The molecule has 0 bridgehead atoms. The number of anilines is 2. The van der Waals surface area contributed by atoms with E-state index in [4.69, 9.17) is 16.3 Å². The fourth-order valence-corrected chi connectivity index (χ4v) is 3.26. The van der Waals surface area contributed by atoms with Crippen LogP contribution in [0.1, 0.15) is 21.5 Å². The number of halogens is 4. The molecule has 2 N–H and O–H groups in total. The Bertz CT molecular complexity index is 1200. The van der Waals surface area contributed by atoms with Gasteiger partial charge in [-0.25, -0.2) is 4.98 Å². The monoisotopic (exact) mass is 447 g/mol. The summed E-state index contributed by atoms with van der Waals surface area (Å²) in [6.07, 6.45) is -3.06. The number of carbonyl (C=O) groups excluding carboxylic acids is 2. The van der Waals surface area contributed by atoms with Crippen molar-refractivity contribution in [1.82, 2.24) is 4.98 Å². The fraction of sp³-hybridized carbons (Fsp3) is 0.0952. The summed E-state index contributed by atoms with van der Waals surface area (Å²) in [5.41, 5.74) is -0.359. The molecule has 2 aromatic carbocycles. The predicted octanol–water partition coefficient (Wildman–Crippen LogP) is 5.29. The molecular weight excluding hydrogens is 435 g/mol. The number of hydrogen-bond donors (Lipinski definition) is 2. The van der Waals surface area contributed by atoms with Gasteiger partial charge < -0.3 is 15.4 Å². The lowest BCUT2D eigenvalue weighted by Crippen LogP contribution is -2.14. The number of ether oxygens (including phenoxy) is 1. The van der Waals surface area contributed by atoms with E-state index < -0.39 is 22.7 Å². The summed E-state index contributed by atoms with van der Waals surface area (Å²) in [5, 5.41) is 4.67. The molecule has 0 saturated carbocycles. The molecule has 1 aromatic heterocycles. The molecule has 0 atom stereocenters. The van der Waals surface area contributed by atoms with Crippen molar-refractivity contribution in [3.63, 3.8) is 0 Å². The minimum Gasteiger partial charge on any atom is -0.457 e. The van der Waals surface area contributed by atoms with Crippen LogP contribution in [-0.2, 0) is 17.4 Å². The lowest BCUT2D eigenvalue weighted by Gasteiger charge is -2.12. The fourth-order valence-electron chi connectivity index (χ4n) is 3.04. The average molecular weight is 448 g/mol. The summed E-state index contributed by atoms with van der Waals surface area (Å²) in [7, 11) is 0. The van der Waals surface area contributed by atoms with Crippen molar-refractivity contribution in [2.75, 3.05) is 10.6 Å². The van der Waals surface area contributed by atoms with E-state index in [2.05, 4.69) is 15.6 Å². The van der Waals surface area contributed by atoms with Gasteiger partial charge in [0.1, 0.15) is 17.3 Å². The highest BCUT2D eigenvalue weighted by molar-refractivity contribution is 6.31. The maximum absolute atomic E-state index is 13.0. The van der Waals surface area contributed by atoms with Crippen molar-refractivity contribution in [3.05, 3.63) is 76.4 Å². The Morgan fingerprint density at radius 2 is 1.97 bits per heavy atom. The summed E-state index contributed by atoms with van der Waals surface area (Å²) in [6.45, 7) is 0. The molecule has 6 nitrogen and oxygen atoms in total. The van der Waals surface area contributed by atoms with Crippen LogP contribution in [0, 0.1) is 0 Å². The van der Waals surface area contributed by atoms with Gasteiger partial charge in [-0.05, 0) is 36.4 Å². The van der Waals surface area contributed by atoms with Crippen molar-refractivity contribution in [2.24, 2.45) is 0 Å². The Labute approximate surface area is 179 Å². The van der Waals surface area contributed by atoms with Gasteiger partial charge in [-0.2, -0.15) is 13.2 Å². The first kappa shape index (κ1) is 20.7. The van der Waals surface area contributed by atoms with Gasteiger partial charge in [-0.1, -0.05) is 17.7 Å². The number of aromatic nitrogens is 1. The van der Waals surface area contributed by atoms with Crippen LogP contribution < -0.4 is 15.4 Å². The first-order valence-corrected chi connectivity index (χ1v) is 9.32. The number of nitrogens with one attached hydrogen (secondary N) is 2. The van der Waals surface area contributed by atoms with Gasteiger partial charge in [0.15, 0.2) is 0 Å². The zero-order valence-corrected chi connectivity index (χ0v) is 16.3. The van der Waals surface area contributed by atoms with Crippen LogP contribution in [0.25, 0.3) is 0 Å². The van der Waals surface area contributed by atoms with Gasteiger partial charge >= 0.3 is 6.18 Å². The zero-order valence-electron chi connectivity index (χ0n) is 15.6. The Balaban J connectivity index is 1.53. The highest BCUT2D eigenvalue weighted by Gasteiger charge is 2.33. The lowest BCUT2D eigenvalue weighted by atomic mass is 10.1. The molecule has 4 rings (SSSR count). The van der Waals surface area contributed by atoms with E-state index in [9.17, 15) is 22.8 Å².